The van der Waals surface area contributed by atoms with Crippen molar-refractivity contribution in [3.63, 3.8) is 0 Å². The first-order valence-corrected chi connectivity index (χ1v) is 5.70. The molecular weight excluding hydrogens is 228 g/mol. The van der Waals surface area contributed by atoms with Gasteiger partial charge >= 0.3 is 0 Å². The highest BCUT2D eigenvalue weighted by atomic mass is 16.3. The van der Waals surface area contributed by atoms with Crippen LogP contribution in [-0.4, -0.2) is 5.91 Å². The standard InChI is InChI=1S/C14H16N2O2/c1-8-5-13(9(2)4-12(8)15)16-14(17)11-6-10(3)18-7-11/h4-7H,15H2,1-3H3,(H,16,17). The predicted octanol–water partition coefficient (Wildman–Crippen LogP) is 3.04. The van der Waals surface area contributed by atoms with Gasteiger partial charge in [0, 0.05) is 11.4 Å². The maximum atomic E-state index is 12.0. The van der Waals surface area contributed by atoms with Crippen molar-refractivity contribution in [2.75, 3.05) is 11.1 Å². The highest BCUT2D eigenvalue weighted by Crippen LogP contribution is 2.22. The van der Waals surface area contributed by atoms with E-state index in [-0.39, 0.29) is 5.91 Å². The van der Waals surface area contributed by atoms with Crippen molar-refractivity contribution in [1.29, 1.82) is 0 Å². The zero-order valence-corrected chi connectivity index (χ0v) is 10.7. The molecule has 0 aliphatic heterocycles. The Morgan fingerprint density at radius 1 is 1.17 bits per heavy atom. The molecule has 0 bridgehead atoms. The van der Waals surface area contributed by atoms with Gasteiger partial charge in [-0.05, 0) is 50.1 Å². The monoisotopic (exact) mass is 244 g/mol. The number of carbonyl (C=O) groups excluding carboxylic acids is 1. The summed E-state index contributed by atoms with van der Waals surface area (Å²) < 4.78 is 5.12. The fourth-order valence-electron chi connectivity index (χ4n) is 1.73. The quantitative estimate of drug-likeness (QED) is 0.798. The first-order chi connectivity index (χ1) is 8.47. The van der Waals surface area contributed by atoms with Crippen LogP contribution in [0.3, 0.4) is 0 Å². The van der Waals surface area contributed by atoms with Crippen molar-refractivity contribution in [1.82, 2.24) is 0 Å². The van der Waals surface area contributed by atoms with Crippen LogP contribution in [0.2, 0.25) is 0 Å². The molecular formula is C14H16N2O2. The molecule has 0 saturated heterocycles. The van der Waals surface area contributed by atoms with Crippen LogP contribution in [0.15, 0.2) is 28.9 Å². The molecule has 0 saturated carbocycles. The van der Waals surface area contributed by atoms with E-state index in [2.05, 4.69) is 5.32 Å². The van der Waals surface area contributed by atoms with E-state index in [0.717, 1.165) is 22.5 Å². The number of nitrogen functional groups attached to an aromatic ring is 1. The van der Waals surface area contributed by atoms with Gasteiger partial charge in [-0.1, -0.05) is 0 Å². The Labute approximate surface area is 106 Å². The molecule has 2 aromatic rings. The number of furan rings is 1. The first kappa shape index (κ1) is 12.2. The summed E-state index contributed by atoms with van der Waals surface area (Å²) in [5.41, 5.74) is 9.70. The van der Waals surface area contributed by atoms with Crippen molar-refractivity contribution < 1.29 is 9.21 Å². The van der Waals surface area contributed by atoms with Gasteiger partial charge in [-0.15, -0.1) is 0 Å². The molecule has 4 nitrogen and oxygen atoms in total. The zero-order chi connectivity index (χ0) is 13.3. The molecule has 0 unspecified atom stereocenters. The van der Waals surface area contributed by atoms with Gasteiger partial charge in [-0.2, -0.15) is 0 Å². The number of nitrogens with one attached hydrogen (secondary N) is 1. The van der Waals surface area contributed by atoms with Crippen LogP contribution < -0.4 is 11.1 Å². The van der Waals surface area contributed by atoms with Gasteiger partial charge in [0.15, 0.2) is 0 Å². The number of rotatable bonds is 2. The Morgan fingerprint density at radius 3 is 2.50 bits per heavy atom. The van der Waals surface area contributed by atoms with Gasteiger partial charge in [0.1, 0.15) is 12.0 Å². The van der Waals surface area contributed by atoms with E-state index >= 15 is 0 Å². The molecule has 4 heteroatoms. The normalized spacial score (nSPS) is 10.4. The molecule has 0 radical (unpaired) electrons. The molecule has 2 rings (SSSR count). The molecule has 0 atom stereocenters. The third-order valence-corrected chi connectivity index (χ3v) is 2.85. The lowest BCUT2D eigenvalue weighted by molar-refractivity contribution is 0.102. The summed E-state index contributed by atoms with van der Waals surface area (Å²) in [5, 5.41) is 2.85. The highest BCUT2D eigenvalue weighted by Gasteiger charge is 2.11. The summed E-state index contributed by atoms with van der Waals surface area (Å²) in [6.45, 7) is 5.62. The number of amides is 1. The second-order valence-corrected chi connectivity index (χ2v) is 4.42. The smallest absolute Gasteiger partial charge is 0.258 e. The molecule has 0 aliphatic rings. The Kier molecular flexibility index (Phi) is 3.10. The maximum absolute atomic E-state index is 12.0. The number of aryl methyl sites for hydroxylation is 3. The van der Waals surface area contributed by atoms with Gasteiger partial charge in [0.2, 0.25) is 0 Å². The number of nitrogens with two attached hydrogens (primary N) is 1. The van der Waals surface area contributed by atoms with Crippen molar-refractivity contribution in [2.45, 2.75) is 20.8 Å². The minimum atomic E-state index is -0.181. The second kappa shape index (κ2) is 4.56. The summed E-state index contributed by atoms with van der Waals surface area (Å²) in [5.74, 6) is 0.532. The van der Waals surface area contributed by atoms with Crippen molar-refractivity contribution in [2.24, 2.45) is 0 Å². The van der Waals surface area contributed by atoms with E-state index in [4.69, 9.17) is 10.2 Å². The molecule has 1 heterocycles. The second-order valence-electron chi connectivity index (χ2n) is 4.42. The van der Waals surface area contributed by atoms with Gasteiger partial charge in [0.05, 0.1) is 5.56 Å². The average Bonchev–Trinajstić information content (AvgIpc) is 2.73. The molecule has 1 aromatic carbocycles. The molecule has 18 heavy (non-hydrogen) atoms. The fraction of sp³-hybridized carbons (Fsp3) is 0.214. The molecule has 94 valence electrons. The molecule has 0 fully saturated rings. The Balaban J connectivity index is 2.24. The van der Waals surface area contributed by atoms with Crippen LogP contribution in [0.1, 0.15) is 27.2 Å². The molecule has 0 spiro atoms. The van der Waals surface area contributed by atoms with Gasteiger partial charge < -0.3 is 15.5 Å². The summed E-state index contributed by atoms with van der Waals surface area (Å²) in [6, 6.07) is 5.43. The van der Waals surface area contributed by atoms with Crippen molar-refractivity contribution >= 4 is 17.3 Å². The van der Waals surface area contributed by atoms with E-state index in [9.17, 15) is 4.79 Å². The zero-order valence-electron chi connectivity index (χ0n) is 10.7. The lowest BCUT2D eigenvalue weighted by Gasteiger charge is -2.10. The molecule has 0 aliphatic carbocycles. The molecule has 1 amide bonds. The van der Waals surface area contributed by atoms with Crippen LogP contribution in [-0.2, 0) is 0 Å². The van der Waals surface area contributed by atoms with E-state index in [1.807, 2.05) is 26.0 Å². The Bertz CT molecular complexity index is 600. The highest BCUT2D eigenvalue weighted by molar-refractivity contribution is 6.04. The molecule has 3 N–H and O–H groups in total. The van der Waals surface area contributed by atoms with Gasteiger partial charge in [-0.3, -0.25) is 4.79 Å². The van der Waals surface area contributed by atoms with Crippen molar-refractivity contribution in [3.05, 3.63) is 46.9 Å². The first-order valence-electron chi connectivity index (χ1n) is 5.70. The largest absolute Gasteiger partial charge is 0.469 e. The van der Waals surface area contributed by atoms with E-state index in [1.54, 1.807) is 13.0 Å². The summed E-state index contributed by atoms with van der Waals surface area (Å²) in [7, 11) is 0. The van der Waals surface area contributed by atoms with Crippen LogP contribution in [0.4, 0.5) is 11.4 Å². The minimum absolute atomic E-state index is 0.181. The van der Waals surface area contributed by atoms with Crippen LogP contribution >= 0.6 is 0 Å². The number of carbonyl (C=O) groups is 1. The van der Waals surface area contributed by atoms with E-state index < -0.39 is 0 Å². The van der Waals surface area contributed by atoms with Gasteiger partial charge in [0.25, 0.3) is 5.91 Å². The maximum Gasteiger partial charge on any atom is 0.258 e. The third-order valence-electron chi connectivity index (χ3n) is 2.85. The van der Waals surface area contributed by atoms with Crippen LogP contribution in [0.25, 0.3) is 0 Å². The van der Waals surface area contributed by atoms with E-state index in [0.29, 0.717) is 11.3 Å². The van der Waals surface area contributed by atoms with Crippen LogP contribution in [0.5, 0.6) is 0 Å². The number of benzene rings is 1. The lowest BCUT2D eigenvalue weighted by Crippen LogP contribution is -2.12. The summed E-state index contributed by atoms with van der Waals surface area (Å²) >= 11 is 0. The summed E-state index contributed by atoms with van der Waals surface area (Å²) in [6.07, 6.45) is 1.45. The number of anilines is 2. The average molecular weight is 244 g/mol. The third kappa shape index (κ3) is 2.37. The number of hydrogen-bond donors (Lipinski definition) is 2. The topological polar surface area (TPSA) is 68.3 Å². The number of hydrogen-bond acceptors (Lipinski definition) is 3. The minimum Gasteiger partial charge on any atom is -0.469 e. The van der Waals surface area contributed by atoms with E-state index in [1.165, 1.54) is 6.26 Å². The van der Waals surface area contributed by atoms with Crippen LogP contribution in [0, 0.1) is 20.8 Å². The fourth-order valence-corrected chi connectivity index (χ4v) is 1.73. The van der Waals surface area contributed by atoms with Crippen molar-refractivity contribution in [3.8, 4) is 0 Å². The SMILES string of the molecule is Cc1cc(C(=O)Nc2cc(C)c(N)cc2C)co1. The lowest BCUT2D eigenvalue weighted by atomic mass is 10.1. The Morgan fingerprint density at radius 2 is 1.89 bits per heavy atom. The molecule has 1 aromatic heterocycles. The summed E-state index contributed by atoms with van der Waals surface area (Å²) in [4.78, 5) is 12.0. The van der Waals surface area contributed by atoms with Gasteiger partial charge in [-0.25, -0.2) is 0 Å². The predicted molar refractivity (Wildman–Crippen MR) is 71.7 cm³/mol. The Hall–Kier alpha value is -2.23.